The van der Waals surface area contributed by atoms with Crippen molar-refractivity contribution in [1.82, 2.24) is 0 Å². The van der Waals surface area contributed by atoms with Gasteiger partial charge in [-0.1, -0.05) is 13.8 Å². The second-order valence-electron chi connectivity index (χ2n) is 3.08. The Bertz CT molecular complexity index is 159. The van der Waals surface area contributed by atoms with Crippen molar-refractivity contribution >= 4 is 12.3 Å². The maximum absolute atomic E-state index is 10.7. The first kappa shape index (κ1) is 11.1. The van der Waals surface area contributed by atoms with Crippen LogP contribution in [-0.4, -0.2) is 17.4 Å². The molecule has 0 aromatic carbocycles. The summed E-state index contributed by atoms with van der Waals surface area (Å²) in [5.41, 5.74) is -0.404. The highest BCUT2D eigenvalue weighted by Gasteiger charge is 2.25. The van der Waals surface area contributed by atoms with E-state index in [4.69, 9.17) is 5.11 Å². The van der Waals surface area contributed by atoms with Crippen molar-refractivity contribution in [3.8, 4) is 0 Å². The summed E-state index contributed by atoms with van der Waals surface area (Å²) in [5.74, 6) is -0.830. The molecule has 3 heteroatoms. The molecule has 0 aromatic rings. The van der Waals surface area contributed by atoms with Crippen molar-refractivity contribution in [1.29, 1.82) is 0 Å². The molecule has 0 heterocycles. The minimum Gasteiger partial charge on any atom is -0.481 e. The number of rotatable bonds is 6. The predicted octanol–water partition coefficient (Wildman–Crippen LogP) is 1.86. The fraction of sp³-hybridized carbons (Fsp3) is 0.778. The van der Waals surface area contributed by atoms with Crippen LogP contribution in [0, 0.1) is 5.41 Å². The number of hydrogen-bond acceptors (Lipinski definition) is 2. The molecule has 0 saturated heterocycles. The fourth-order valence-electron chi connectivity index (χ4n) is 1.19. The predicted molar refractivity (Wildman–Crippen MR) is 45.9 cm³/mol. The molecule has 0 atom stereocenters. The zero-order chi connectivity index (χ0) is 9.61. The van der Waals surface area contributed by atoms with Gasteiger partial charge in [-0.25, -0.2) is 0 Å². The average molecular weight is 172 g/mol. The highest BCUT2D eigenvalue weighted by atomic mass is 16.4. The van der Waals surface area contributed by atoms with E-state index < -0.39 is 11.4 Å². The molecule has 0 aromatic heterocycles. The van der Waals surface area contributed by atoms with E-state index in [1.807, 2.05) is 13.8 Å². The summed E-state index contributed by atoms with van der Waals surface area (Å²) >= 11 is 0. The zero-order valence-corrected chi connectivity index (χ0v) is 7.67. The topological polar surface area (TPSA) is 54.4 Å². The minimum absolute atomic E-state index is 0.0837. The maximum atomic E-state index is 10.7. The Labute approximate surface area is 72.8 Å². The number of hydrogen-bond donors (Lipinski definition) is 1. The number of aliphatic carboxylic acids is 1. The van der Waals surface area contributed by atoms with Crippen molar-refractivity contribution in [2.24, 2.45) is 5.41 Å². The van der Waals surface area contributed by atoms with E-state index in [2.05, 4.69) is 0 Å². The van der Waals surface area contributed by atoms with Crippen molar-refractivity contribution in [2.45, 2.75) is 39.5 Å². The van der Waals surface area contributed by atoms with Gasteiger partial charge in [0.1, 0.15) is 6.29 Å². The third kappa shape index (κ3) is 3.03. The van der Waals surface area contributed by atoms with E-state index in [1.165, 1.54) is 0 Å². The van der Waals surface area contributed by atoms with Gasteiger partial charge in [-0.15, -0.1) is 0 Å². The normalized spacial score (nSPS) is 11.2. The first-order valence-corrected chi connectivity index (χ1v) is 4.28. The molecule has 0 spiro atoms. The van der Waals surface area contributed by atoms with E-state index in [0.717, 1.165) is 19.1 Å². The van der Waals surface area contributed by atoms with Crippen LogP contribution in [-0.2, 0) is 9.59 Å². The van der Waals surface area contributed by atoms with Crippen LogP contribution in [0.2, 0.25) is 0 Å². The number of carboxylic acid groups (broad SMARTS) is 1. The Morgan fingerprint density at radius 3 is 2.17 bits per heavy atom. The van der Waals surface area contributed by atoms with Gasteiger partial charge in [-0.05, 0) is 19.3 Å². The quantitative estimate of drug-likeness (QED) is 0.622. The van der Waals surface area contributed by atoms with Gasteiger partial charge in [0.05, 0.1) is 0 Å². The molecule has 3 nitrogen and oxygen atoms in total. The van der Waals surface area contributed by atoms with Gasteiger partial charge in [0.25, 0.3) is 0 Å². The van der Waals surface area contributed by atoms with Gasteiger partial charge in [-0.3, -0.25) is 4.79 Å². The van der Waals surface area contributed by atoms with Crippen LogP contribution in [0.15, 0.2) is 0 Å². The molecule has 0 rings (SSSR count). The Balaban J connectivity index is 4.11. The number of carboxylic acids is 1. The molecule has 1 N–H and O–H groups in total. The average Bonchev–Trinajstić information content (AvgIpc) is 2.08. The highest BCUT2D eigenvalue weighted by molar-refractivity contribution is 5.68. The summed E-state index contributed by atoms with van der Waals surface area (Å²) < 4.78 is 0. The van der Waals surface area contributed by atoms with Gasteiger partial charge in [0, 0.05) is 11.8 Å². The van der Waals surface area contributed by atoms with Crippen LogP contribution in [0.3, 0.4) is 0 Å². The zero-order valence-electron chi connectivity index (χ0n) is 7.67. The molecule has 0 amide bonds. The molecule has 0 aliphatic heterocycles. The van der Waals surface area contributed by atoms with E-state index in [0.29, 0.717) is 6.42 Å². The molecule has 0 aliphatic carbocycles. The molecule has 0 unspecified atom stereocenters. The molecule has 0 fully saturated rings. The number of carbonyl (C=O) groups is 2. The Morgan fingerprint density at radius 2 is 1.92 bits per heavy atom. The highest BCUT2D eigenvalue weighted by Crippen LogP contribution is 2.29. The third-order valence-corrected chi connectivity index (χ3v) is 2.50. The van der Waals surface area contributed by atoms with Gasteiger partial charge in [0.15, 0.2) is 0 Å². The summed E-state index contributed by atoms with van der Waals surface area (Å²) in [6.07, 6.45) is 2.88. The van der Waals surface area contributed by atoms with Gasteiger partial charge in [0.2, 0.25) is 0 Å². The monoisotopic (exact) mass is 172 g/mol. The largest absolute Gasteiger partial charge is 0.481 e. The summed E-state index contributed by atoms with van der Waals surface area (Å²) in [5, 5.41) is 8.45. The molecule has 0 saturated carbocycles. The number of aldehydes is 1. The molecule has 0 radical (unpaired) electrons. The van der Waals surface area contributed by atoms with E-state index in [9.17, 15) is 9.59 Å². The summed E-state index contributed by atoms with van der Waals surface area (Å²) in [7, 11) is 0. The van der Waals surface area contributed by atoms with Crippen LogP contribution in [0.25, 0.3) is 0 Å². The first-order valence-electron chi connectivity index (χ1n) is 4.28. The lowest BCUT2D eigenvalue weighted by Gasteiger charge is -2.23. The summed E-state index contributed by atoms with van der Waals surface area (Å²) in [6.45, 7) is 3.83. The third-order valence-electron chi connectivity index (χ3n) is 2.50. The maximum Gasteiger partial charge on any atom is 0.303 e. The van der Waals surface area contributed by atoms with E-state index in [1.54, 1.807) is 0 Å². The molecule has 0 aliphatic rings. The second kappa shape index (κ2) is 4.91. The van der Waals surface area contributed by atoms with Crippen molar-refractivity contribution in [3.05, 3.63) is 0 Å². The molecule has 70 valence electrons. The second-order valence-corrected chi connectivity index (χ2v) is 3.08. The van der Waals surface area contributed by atoms with Crippen molar-refractivity contribution in [2.75, 3.05) is 0 Å². The van der Waals surface area contributed by atoms with Crippen LogP contribution in [0.1, 0.15) is 39.5 Å². The molecular formula is C9H16O3. The Hall–Kier alpha value is -0.860. The lowest BCUT2D eigenvalue weighted by molar-refractivity contribution is -0.137. The molecular weight excluding hydrogens is 156 g/mol. The lowest BCUT2D eigenvalue weighted by Crippen LogP contribution is -2.21. The van der Waals surface area contributed by atoms with Crippen LogP contribution in [0.5, 0.6) is 0 Å². The van der Waals surface area contributed by atoms with Crippen LogP contribution in [0.4, 0.5) is 0 Å². The van der Waals surface area contributed by atoms with Gasteiger partial charge >= 0.3 is 5.97 Å². The first-order chi connectivity index (χ1) is 5.60. The SMILES string of the molecule is CCC(C=O)(CC)CCC(=O)O. The van der Waals surface area contributed by atoms with Crippen molar-refractivity contribution in [3.63, 3.8) is 0 Å². The lowest BCUT2D eigenvalue weighted by atomic mass is 9.80. The standard InChI is InChI=1S/C9H16O3/c1-3-9(4-2,7-10)6-5-8(11)12/h7H,3-6H2,1-2H3,(H,11,12). The fourth-order valence-corrected chi connectivity index (χ4v) is 1.19. The summed E-state index contributed by atoms with van der Waals surface area (Å²) in [4.78, 5) is 21.0. The molecule has 0 bridgehead atoms. The van der Waals surface area contributed by atoms with Gasteiger partial charge < -0.3 is 9.90 Å². The van der Waals surface area contributed by atoms with E-state index in [-0.39, 0.29) is 6.42 Å². The van der Waals surface area contributed by atoms with Crippen LogP contribution >= 0.6 is 0 Å². The minimum atomic E-state index is -0.830. The van der Waals surface area contributed by atoms with Crippen LogP contribution < -0.4 is 0 Å². The summed E-state index contributed by atoms with van der Waals surface area (Å²) in [6, 6.07) is 0. The Morgan fingerprint density at radius 1 is 1.42 bits per heavy atom. The van der Waals surface area contributed by atoms with E-state index >= 15 is 0 Å². The molecule has 12 heavy (non-hydrogen) atoms. The van der Waals surface area contributed by atoms with Crippen molar-refractivity contribution < 1.29 is 14.7 Å². The number of carbonyl (C=O) groups excluding carboxylic acids is 1. The Kier molecular flexibility index (Phi) is 4.55. The van der Waals surface area contributed by atoms with Gasteiger partial charge in [-0.2, -0.15) is 0 Å². The smallest absolute Gasteiger partial charge is 0.303 e.